The van der Waals surface area contributed by atoms with E-state index in [-0.39, 0.29) is 46.0 Å². The summed E-state index contributed by atoms with van der Waals surface area (Å²) in [6, 6.07) is 10.5. The summed E-state index contributed by atoms with van der Waals surface area (Å²) in [5.74, 6) is -0.956. The van der Waals surface area contributed by atoms with E-state index in [4.69, 9.17) is 18.9 Å². The van der Waals surface area contributed by atoms with Gasteiger partial charge in [0.25, 0.3) is 0 Å². The number of ether oxygens (including phenoxy) is 4. The Balaban J connectivity index is 1.38. The van der Waals surface area contributed by atoms with E-state index in [0.717, 1.165) is 43.6 Å². The molecule has 1 aliphatic heterocycles. The number of benzene rings is 2. The highest BCUT2D eigenvalue weighted by Crippen LogP contribution is 2.48. The van der Waals surface area contributed by atoms with Crippen molar-refractivity contribution in [3.63, 3.8) is 0 Å². The van der Waals surface area contributed by atoms with Gasteiger partial charge < -0.3 is 34.5 Å². The third-order valence-corrected chi connectivity index (χ3v) is 11.4. The van der Waals surface area contributed by atoms with Crippen LogP contribution in [0.15, 0.2) is 48.7 Å². The number of carbonyl (C=O) groups is 3. The van der Waals surface area contributed by atoms with Gasteiger partial charge in [-0.25, -0.2) is 4.79 Å². The molecular weight excluding hydrogens is 729 g/mol. The minimum atomic E-state index is -0.986. The van der Waals surface area contributed by atoms with Gasteiger partial charge in [-0.05, 0) is 92.3 Å². The lowest BCUT2D eigenvalue weighted by atomic mass is 9.71. The molecular formula is C44H54N4O9. The number of aromatic nitrogens is 3. The highest BCUT2D eigenvalue weighted by atomic mass is 16.5. The number of pyridine rings is 1. The van der Waals surface area contributed by atoms with Gasteiger partial charge in [0.2, 0.25) is 11.7 Å². The predicted octanol–water partition coefficient (Wildman–Crippen LogP) is 7.48. The molecule has 2 aliphatic rings. The molecule has 1 fully saturated rings. The minimum absolute atomic E-state index is 0.0230. The largest absolute Gasteiger partial charge is 0.507 e. The number of rotatable bonds is 11. The van der Waals surface area contributed by atoms with Crippen LogP contribution < -0.4 is 19.5 Å². The number of carbonyl (C=O) groups excluding carboxylic acids is 3. The predicted molar refractivity (Wildman–Crippen MR) is 214 cm³/mol. The fourth-order valence-electron chi connectivity index (χ4n) is 8.32. The van der Waals surface area contributed by atoms with Gasteiger partial charge in [0, 0.05) is 49.9 Å². The number of methoxy groups -OCH3 is 3. The van der Waals surface area contributed by atoms with Crippen LogP contribution in [-0.4, -0.2) is 76.4 Å². The maximum Gasteiger partial charge on any atom is 0.342 e. The third-order valence-electron chi connectivity index (χ3n) is 11.4. The van der Waals surface area contributed by atoms with Crippen molar-refractivity contribution in [1.29, 1.82) is 0 Å². The zero-order chi connectivity index (χ0) is 40.5. The van der Waals surface area contributed by atoms with Crippen LogP contribution in [0.3, 0.4) is 0 Å². The number of phenols is 2. The van der Waals surface area contributed by atoms with Gasteiger partial charge in [-0.3, -0.25) is 14.0 Å². The standard InChI is InChI=1S/C44H54N4O9/c1-28-14-13-17-31(49)16-8-5-7-15-29-22-33(50)40(41(52)39(29)43(53)57-28)32(30-23-34(54-2)42(56-4)35(24-30)55-3)25-38(51)45-27-44(19-10-6-11-20-44)26-37-47-46-36-18-9-12-21-48(36)37/h7,9,12,15,18,21-24,28,32,50,52H,5-6,8,10-11,13-14,16-17,19-20,25-27H2,1-4H3,(H,45,51)/b15-7+/t28-,32?/m0/s1. The Bertz CT molecular complexity index is 2080. The lowest BCUT2D eigenvalue weighted by Crippen LogP contribution is -2.41. The number of nitrogens with zero attached hydrogens (tertiary/aromatic N) is 3. The number of amides is 1. The Labute approximate surface area is 333 Å². The van der Waals surface area contributed by atoms with Crippen molar-refractivity contribution in [2.45, 2.75) is 102 Å². The van der Waals surface area contributed by atoms with Gasteiger partial charge in [-0.2, -0.15) is 0 Å². The number of allylic oxidation sites excluding steroid dienone is 1. The van der Waals surface area contributed by atoms with Crippen molar-refractivity contribution < 1.29 is 43.5 Å². The van der Waals surface area contributed by atoms with E-state index >= 15 is 0 Å². The molecule has 1 amide bonds. The number of phenolic OH excluding ortho intramolecular Hbond substituents is 2. The van der Waals surface area contributed by atoms with E-state index in [2.05, 4.69) is 15.5 Å². The van der Waals surface area contributed by atoms with Crippen LogP contribution in [-0.2, 0) is 20.7 Å². The van der Waals surface area contributed by atoms with Gasteiger partial charge in [0.15, 0.2) is 17.1 Å². The topological polar surface area (TPSA) is 171 Å². The second-order valence-corrected chi connectivity index (χ2v) is 15.3. The molecule has 13 heteroatoms. The van der Waals surface area contributed by atoms with Gasteiger partial charge >= 0.3 is 5.97 Å². The molecule has 0 bridgehead atoms. The van der Waals surface area contributed by atoms with Gasteiger partial charge in [-0.1, -0.05) is 37.5 Å². The first-order chi connectivity index (χ1) is 27.6. The summed E-state index contributed by atoms with van der Waals surface area (Å²) in [5.41, 5.74) is 1.08. The van der Waals surface area contributed by atoms with Crippen molar-refractivity contribution in [3.05, 3.63) is 76.7 Å². The molecule has 304 valence electrons. The van der Waals surface area contributed by atoms with E-state index < -0.39 is 23.7 Å². The second kappa shape index (κ2) is 18.6. The van der Waals surface area contributed by atoms with Crippen LogP contribution >= 0.6 is 0 Å². The number of fused-ring (bicyclic) bond motifs is 2. The van der Waals surface area contributed by atoms with Crippen molar-refractivity contribution in [2.24, 2.45) is 5.41 Å². The summed E-state index contributed by atoms with van der Waals surface area (Å²) in [4.78, 5) is 40.5. The van der Waals surface area contributed by atoms with E-state index in [9.17, 15) is 24.6 Å². The fourth-order valence-corrected chi connectivity index (χ4v) is 8.32. The Morgan fingerprint density at radius 1 is 0.982 bits per heavy atom. The van der Waals surface area contributed by atoms with Crippen molar-refractivity contribution in [3.8, 4) is 28.7 Å². The number of ketones is 1. The summed E-state index contributed by atoms with van der Waals surface area (Å²) in [6.45, 7) is 2.13. The molecule has 57 heavy (non-hydrogen) atoms. The molecule has 0 radical (unpaired) electrons. The molecule has 4 aromatic rings. The molecule has 6 rings (SSSR count). The Kier molecular flexibility index (Phi) is 13.4. The van der Waals surface area contributed by atoms with Crippen LogP contribution in [0.1, 0.15) is 123 Å². The minimum Gasteiger partial charge on any atom is -0.507 e. The van der Waals surface area contributed by atoms with Gasteiger partial charge in [0.05, 0.1) is 27.4 Å². The average molecular weight is 783 g/mol. The monoisotopic (exact) mass is 782 g/mol. The molecule has 1 saturated carbocycles. The number of aromatic hydroxyl groups is 2. The zero-order valence-electron chi connectivity index (χ0n) is 33.3. The smallest absolute Gasteiger partial charge is 0.342 e. The van der Waals surface area contributed by atoms with Crippen molar-refractivity contribution in [2.75, 3.05) is 27.9 Å². The third kappa shape index (κ3) is 9.52. The van der Waals surface area contributed by atoms with Crippen molar-refractivity contribution in [1.82, 2.24) is 19.9 Å². The highest BCUT2D eigenvalue weighted by Gasteiger charge is 2.36. The van der Waals surface area contributed by atoms with Crippen LogP contribution in [0, 0.1) is 5.41 Å². The average Bonchev–Trinajstić information content (AvgIpc) is 3.60. The molecule has 1 aliphatic carbocycles. The van der Waals surface area contributed by atoms with Crippen LogP contribution in [0.4, 0.5) is 0 Å². The summed E-state index contributed by atoms with van der Waals surface area (Å²) in [6.07, 6.45) is 13.3. The van der Waals surface area contributed by atoms with Crippen LogP contribution in [0.2, 0.25) is 0 Å². The maximum atomic E-state index is 14.3. The molecule has 2 aromatic carbocycles. The fraction of sp³-hybridized carbons (Fsp3) is 0.477. The summed E-state index contributed by atoms with van der Waals surface area (Å²) < 4.78 is 24.7. The molecule has 3 N–H and O–H groups in total. The number of cyclic esters (lactones) is 1. The molecule has 0 spiro atoms. The lowest BCUT2D eigenvalue weighted by molar-refractivity contribution is -0.122. The number of Topliss-reactive ketones (excluding diaryl/α,β-unsaturated/α-hetero) is 1. The van der Waals surface area contributed by atoms with Gasteiger partial charge in [0.1, 0.15) is 28.7 Å². The lowest BCUT2D eigenvalue weighted by Gasteiger charge is -2.37. The molecule has 2 aromatic heterocycles. The Morgan fingerprint density at radius 3 is 2.44 bits per heavy atom. The van der Waals surface area contributed by atoms with E-state index in [1.807, 2.05) is 28.8 Å². The summed E-state index contributed by atoms with van der Waals surface area (Å²) in [5, 5.41) is 36.0. The Hall–Kier alpha value is -5.59. The van der Waals surface area contributed by atoms with E-state index in [1.54, 1.807) is 31.2 Å². The number of nitrogens with one attached hydrogen (secondary N) is 1. The zero-order valence-corrected chi connectivity index (χ0v) is 33.3. The number of hydrogen-bond acceptors (Lipinski definition) is 11. The van der Waals surface area contributed by atoms with E-state index in [0.29, 0.717) is 74.3 Å². The quantitative estimate of drug-likeness (QED) is 0.129. The van der Waals surface area contributed by atoms with E-state index in [1.165, 1.54) is 27.4 Å². The molecule has 1 unspecified atom stereocenters. The molecule has 3 heterocycles. The second-order valence-electron chi connectivity index (χ2n) is 15.3. The first-order valence-electron chi connectivity index (χ1n) is 19.9. The first-order valence-corrected chi connectivity index (χ1v) is 19.9. The Morgan fingerprint density at radius 2 is 1.72 bits per heavy atom. The summed E-state index contributed by atoms with van der Waals surface area (Å²) >= 11 is 0. The highest BCUT2D eigenvalue weighted by molar-refractivity contribution is 5.98. The maximum absolute atomic E-state index is 14.3. The normalized spacial score (nSPS) is 18.8. The first kappa shape index (κ1) is 41.1. The van der Waals surface area contributed by atoms with Crippen LogP contribution in [0.25, 0.3) is 11.7 Å². The molecule has 13 nitrogen and oxygen atoms in total. The van der Waals surface area contributed by atoms with Gasteiger partial charge in [-0.15, -0.1) is 10.2 Å². The van der Waals surface area contributed by atoms with Crippen molar-refractivity contribution >= 4 is 29.4 Å². The van der Waals surface area contributed by atoms with Crippen LogP contribution in [0.5, 0.6) is 28.7 Å². The SMILES string of the molecule is COc1cc(C(CC(=O)NCC2(Cc3nnc4ccccn34)CCCCC2)c2c(O)cc3c(c2O)C(=O)O[C@@H](C)CCCC(=O)CCC/C=C/3)cc(OC)c1OC. The molecule has 0 saturated heterocycles. The number of esters is 1. The molecule has 2 atom stereocenters. The number of hydrogen-bond donors (Lipinski definition) is 3. The summed E-state index contributed by atoms with van der Waals surface area (Å²) in [7, 11) is 4.44.